The Labute approximate surface area is 125 Å². The average molecular weight is 286 g/mol. The maximum Gasteiger partial charge on any atom is 0.225 e. The molecule has 1 saturated heterocycles. The number of aromatic nitrogens is 2. The van der Waals surface area contributed by atoms with Crippen molar-refractivity contribution in [2.24, 2.45) is 5.92 Å². The van der Waals surface area contributed by atoms with Gasteiger partial charge in [0.1, 0.15) is 0 Å². The summed E-state index contributed by atoms with van der Waals surface area (Å²) in [5, 5.41) is 8.75. The Hall–Kier alpha value is -1.65. The number of carbonyl (C=O) groups is 1. The van der Waals surface area contributed by atoms with Gasteiger partial charge in [-0.25, -0.2) is 0 Å². The van der Waals surface area contributed by atoms with Gasteiger partial charge >= 0.3 is 0 Å². The summed E-state index contributed by atoms with van der Waals surface area (Å²) in [7, 11) is 0. The van der Waals surface area contributed by atoms with Crippen LogP contribution in [0.2, 0.25) is 0 Å². The van der Waals surface area contributed by atoms with Crippen LogP contribution in [0.15, 0.2) is 6.07 Å². The molecule has 0 N–H and O–H groups in total. The van der Waals surface area contributed by atoms with Crippen LogP contribution in [0.4, 0.5) is 5.82 Å². The van der Waals surface area contributed by atoms with Gasteiger partial charge in [0.05, 0.1) is 5.69 Å². The van der Waals surface area contributed by atoms with Crippen molar-refractivity contribution in [2.45, 2.75) is 38.5 Å². The first kappa shape index (κ1) is 13.0. The third-order valence-corrected chi connectivity index (χ3v) is 5.18. The number of hydrogen-bond donors (Lipinski definition) is 0. The Bertz CT molecular complexity index is 547. The minimum absolute atomic E-state index is 0.316. The van der Waals surface area contributed by atoms with Gasteiger partial charge in [0.25, 0.3) is 0 Å². The fourth-order valence-electron chi connectivity index (χ4n) is 3.54. The summed E-state index contributed by atoms with van der Waals surface area (Å²) in [5.41, 5.74) is 2.55. The Kier molecular flexibility index (Phi) is 3.28. The van der Waals surface area contributed by atoms with Gasteiger partial charge in [0, 0.05) is 32.1 Å². The molecule has 2 aliphatic carbocycles. The van der Waals surface area contributed by atoms with E-state index in [1.807, 2.05) is 4.90 Å². The molecule has 0 aromatic carbocycles. The third-order valence-electron chi connectivity index (χ3n) is 5.18. The number of anilines is 1. The number of fused-ring (bicyclic) bond motifs is 1. The molecular formula is C16H22N4O. The van der Waals surface area contributed by atoms with Crippen molar-refractivity contribution in [3.8, 4) is 0 Å². The van der Waals surface area contributed by atoms with Crippen LogP contribution >= 0.6 is 0 Å². The summed E-state index contributed by atoms with van der Waals surface area (Å²) < 4.78 is 0. The fourth-order valence-corrected chi connectivity index (χ4v) is 3.54. The highest BCUT2D eigenvalue weighted by Crippen LogP contribution is 2.29. The van der Waals surface area contributed by atoms with Crippen molar-refractivity contribution < 1.29 is 4.79 Å². The predicted octanol–water partition coefficient (Wildman–Crippen LogP) is 1.41. The summed E-state index contributed by atoms with van der Waals surface area (Å²) >= 11 is 0. The van der Waals surface area contributed by atoms with Crippen LogP contribution in [0.5, 0.6) is 0 Å². The first-order valence-corrected chi connectivity index (χ1v) is 8.20. The average Bonchev–Trinajstić information content (AvgIpc) is 2.93. The number of piperazine rings is 1. The molecule has 1 amide bonds. The zero-order valence-electron chi connectivity index (χ0n) is 12.4. The normalized spacial score (nSPS) is 22.1. The van der Waals surface area contributed by atoms with Crippen LogP contribution in [0.25, 0.3) is 0 Å². The van der Waals surface area contributed by atoms with Gasteiger partial charge in [-0.2, -0.15) is 5.10 Å². The molecule has 1 aromatic heterocycles. The number of rotatable bonds is 2. The van der Waals surface area contributed by atoms with Gasteiger partial charge in [0.2, 0.25) is 5.91 Å². The topological polar surface area (TPSA) is 49.3 Å². The first-order valence-electron chi connectivity index (χ1n) is 8.20. The molecule has 5 heteroatoms. The standard InChI is InChI=1S/C16H22N4O/c21-16(12-3-1-4-12)20-9-7-19(8-10-20)15-11-13-5-2-6-14(13)17-18-15/h11-12H,1-10H2. The van der Waals surface area contributed by atoms with E-state index in [4.69, 9.17) is 0 Å². The lowest BCUT2D eigenvalue weighted by molar-refractivity contribution is -0.138. The number of hydrogen-bond acceptors (Lipinski definition) is 4. The summed E-state index contributed by atoms with van der Waals surface area (Å²) in [5.74, 6) is 1.68. The molecule has 0 spiro atoms. The van der Waals surface area contributed by atoms with Crippen molar-refractivity contribution in [3.63, 3.8) is 0 Å². The first-order chi connectivity index (χ1) is 10.3. The molecule has 1 aromatic rings. The number of carbonyl (C=O) groups excluding carboxylic acids is 1. The second kappa shape index (κ2) is 5.28. The lowest BCUT2D eigenvalue weighted by Gasteiger charge is -2.38. The molecule has 0 bridgehead atoms. The SMILES string of the molecule is O=C(C1CCC1)N1CCN(c2cc3c(nn2)CCC3)CC1. The van der Waals surface area contributed by atoms with E-state index in [2.05, 4.69) is 21.2 Å². The molecule has 3 aliphatic rings. The van der Waals surface area contributed by atoms with Crippen LogP contribution in [0.1, 0.15) is 36.9 Å². The molecule has 2 heterocycles. The van der Waals surface area contributed by atoms with E-state index < -0.39 is 0 Å². The second-order valence-corrected chi connectivity index (χ2v) is 6.47. The van der Waals surface area contributed by atoms with Crippen LogP contribution in [0, 0.1) is 5.92 Å². The lowest BCUT2D eigenvalue weighted by atomic mass is 9.84. The Balaban J connectivity index is 1.39. The smallest absolute Gasteiger partial charge is 0.225 e. The zero-order valence-corrected chi connectivity index (χ0v) is 12.4. The third kappa shape index (κ3) is 2.39. The molecule has 4 rings (SSSR count). The predicted molar refractivity (Wildman–Crippen MR) is 80.2 cm³/mol. The maximum absolute atomic E-state index is 12.3. The molecule has 2 fully saturated rings. The molecule has 0 atom stereocenters. The monoisotopic (exact) mass is 286 g/mol. The van der Waals surface area contributed by atoms with Gasteiger partial charge in [-0.05, 0) is 43.7 Å². The molecule has 1 aliphatic heterocycles. The number of amides is 1. The van der Waals surface area contributed by atoms with Crippen LogP contribution in [-0.2, 0) is 17.6 Å². The minimum atomic E-state index is 0.316. The fraction of sp³-hybridized carbons (Fsp3) is 0.688. The summed E-state index contributed by atoms with van der Waals surface area (Å²) in [6.07, 6.45) is 6.83. The Morgan fingerprint density at radius 2 is 1.86 bits per heavy atom. The van der Waals surface area contributed by atoms with Crippen LogP contribution < -0.4 is 4.90 Å². The second-order valence-electron chi connectivity index (χ2n) is 6.47. The molecule has 0 radical (unpaired) electrons. The van der Waals surface area contributed by atoms with Crippen molar-refractivity contribution in [3.05, 3.63) is 17.3 Å². The van der Waals surface area contributed by atoms with Gasteiger partial charge in [-0.1, -0.05) is 6.42 Å². The Morgan fingerprint density at radius 1 is 1.05 bits per heavy atom. The molecule has 1 saturated carbocycles. The van der Waals surface area contributed by atoms with E-state index in [0.29, 0.717) is 11.8 Å². The number of nitrogens with zero attached hydrogens (tertiary/aromatic N) is 4. The van der Waals surface area contributed by atoms with Gasteiger partial charge in [-0.3, -0.25) is 4.79 Å². The van der Waals surface area contributed by atoms with Crippen molar-refractivity contribution in [1.82, 2.24) is 15.1 Å². The molecular weight excluding hydrogens is 264 g/mol. The van der Waals surface area contributed by atoms with E-state index in [1.54, 1.807) is 0 Å². The molecule has 21 heavy (non-hydrogen) atoms. The van der Waals surface area contributed by atoms with E-state index in [9.17, 15) is 4.79 Å². The number of aryl methyl sites for hydroxylation is 2. The van der Waals surface area contributed by atoms with Crippen molar-refractivity contribution in [2.75, 3.05) is 31.1 Å². The largest absolute Gasteiger partial charge is 0.352 e. The van der Waals surface area contributed by atoms with E-state index in [1.165, 1.54) is 24.1 Å². The molecule has 0 unspecified atom stereocenters. The summed E-state index contributed by atoms with van der Waals surface area (Å²) in [6.45, 7) is 3.42. The van der Waals surface area contributed by atoms with Crippen molar-refractivity contribution >= 4 is 11.7 Å². The summed E-state index contributed by atoms with van der Waals surface area (Å²) in [6, 6.07) is 2.21. The van der Waals surface area contributed by atoms with Gasteiger partial charge in [-0.15, -0.1) is 5.10 Å². The van der Waals surface area contributed by atoms with E-state index in [-0.39, 0.29) is 0 Å². The lowest BCUT2D eigenvalue weighted by Crippen LogP contribution is -2.51. The van der Waals surface area contributed by atoms with E-state index >= 15 is 0 Å². The Morgan fingerprint density at radius 3 is 2.57 bits per heavy atom. The van der Waals surface area contributed by atoms with Gasteiger partial charge < -0.3 is 9.80 Å². The highest BCUT2D eigenvalue weighted by molar-refractivity contribution is 5.79. The molecule has 5 nitrogen and oxygen atoms in total. The van der Waals surface area contributed by atoms with Gasteiger partial charge in [0.15, 0.2) is 5.82 Å². The molecule has 112 valence electrons. The van der Waals surface area contributed by atoms with Crippen LogP contribution in [-0.4, -0.2) is 47.2 Å². The minimum Gasteiger partial charge on any atom is -0.352 e. The van der Waals surface area contributed by atoms with Crippen molar-refractivity contribution in [1.29, 1.82) is 0 Å². The highest BCUT2D eigenvalue weighted by Gasteiger charge is 2.31. The zero-order chi connectivity index (χ0) is 14.2. The highest BCUT2D eigenvalue weighted by atomic mass is 16.2. The maximum atomic E-state index is 12.3. The van der Waals surface area contributed by atoms with E-state index in [0.717, 1.165) is 57.7 Å². The quantitative estimate of drug-likeness (QED) is 0.825. The summed E-state index contributed by atoms with van der Waals surface area (Å²) in [4.78, 5) is 16.6. The van der Waals surface area contributed by atoms with Crippen LogP contribution in [0.3, 0.4) is 0 Å².